The molecule has 0 aliphatic heterocycles. The number of aliphatic hydroxyl groups excluding tert-OH is 6. The standard InChI is InChI=1S/C6H14O6.C5H4O2.C2H4O2S.Na/c7-1-3(9)5(11)6(12)4(10)2-8;6-4-5-2-1-3-7-5;3-2(4)1-5;/h3-12H,1-2H2;1-4H;5H,1H2,(H,3,4);/q;;;+1/p-1. The van der Waals surface area contributed by atoms with Crippen LogP contribution in [0.15, 0.2) is 22.8 Å². The molecule has 0 spiro atoms. The van der Waals surface area contributed by atoms with Crippen molar-refractivity contribution >= 4 is 24.9 Å². The predicted molar refractivity (Wildman–Crippen MR) is 81.2 cm³/mol. The largest absolute Gasteiger partial charge is 1.00 e. The molecule has 1 aromatic rings. The molecule has 140 valence electrons. The number of furan rings is 1. The van der Waals surface area contributed by atoms with Gasteiger partial charge >= 0.3 is 29.6 Å². The third kappa shape index (κ3) is 15.5. The molecule has 0 fully saturated rings. The van der Waals surface area contributed by atoms with Gasteiger partial charge < -0.3 is 45.0 Å². The average molecular weight is 392 g/mol. The second-order valence-corrected chi connectivity index (χ2v) is 4.46. The third-order valence-corrected chi connectivity index (χ3v) is 2.56. The van der Waals surface area contributed by atoms with E-state index in [1.165, 1.54) is 6.26 Å². The summed E-state index contributed by atoms with van der Waals surface area (Å²) in [4.78, 5) is 19.0. The van der Waals surface area contributed by atoms with Gasteiger partial charge in [0.25, 0.3) is 0 Å². The van der Waals surface area contributed by atoms with Crippen LogP contribution in [0.25, 0.3) is 0 Å². The fourth-order valence-corrected chi connectivity index (χ4v) is 1.03. The molecule has 1 rings (SSSR count). The number of aldehydes is 1. The van der Waals surface area contributed by atoms with Gasteiger partial charge in [0.1, 0.15) is 24.4 Å². The Bertz CT molecular complexity index is 416. The van der Waals surface area contributed by atoms with Crippen LogP contribution in [-0.4, -0.2) is 86.3 Å². The van der Waals surface area contributed by atoms with E-state index in [0.29, 0.717) is 12.0 Å². The van der Waals surface area contributed by atoms with Crippen LogP contribution >= 0.6 is 12.6 Å². The molecule has 6 N–H and O–H groups in total. The van der Waals surface area contributed by atoms with Gasteiger partial charge in [-0.3, -0.25) is 4.79 Å². The first-order valence-electron chi connectivity index (χ1n) is 6.48. The SMILES string of the molecule is O=C([O-])CS.O=Cc1ccco1.OCC(O)C(O)C(O)C(O)CO.[Na+]. The first-order chi connectivity index (χ1) is 11.2. The van der Waals surface area contributed by atoms with E-state index in [9.17, 15) is 14.7 Å². The van der Waals surface area contributed by atoms with Gasteiger partial charge in [0.05, 0.1) is 25.4 Å². The quantitative estimate of drug-likeness (QED) is 0.133. The molecule has 12 heteroatoms. The monoisotopic (exact) mass is 392 g/mol. The zero-order chi connectivity index (χ0) is 19.1. The van der Waals surface area contributed by atoms with Crippen molar-refractivity contribution in [2.24, 2.45) is 0 Å². The number of rotatable bonds is 7. The Morgan fingerprint density at radius 3 is 1.72 bits per heavy atom. The molecule has 10 nitrogen and oxygen atoms in total. The molecule has 0 saturated carbocycles. The number of aliphatic carboxylic acids is 1. The number of carboxylic acids is 1. The maximum absolute atomic E-state index is 9.77. The average Bonchev–Trinajstić information content (AvgIpc) is 3.13. The Hall–Kier alpha value is -0.470. The summed E-state index contributed by atoms with van der Waals surface area (Å²) in [6.07, 6.45) is -4.26. The normalized spacial score (nSPS) is 14.2. The Balaban J connectivity index is -0.000000316. The van der Waals surface area contributed by atoms with Gasteiger partial charge in [-0.15, -0.1) is 0 Å². The van der Waals surface area contributed by atoms with E-state index in [-0.39, 0.29) is 35.3 Å². The molecule has 4 unspecified atom stereocenters. The van der Waals surface area contributed by atoms with E-state index >= 15 is 0 Å². The molecule has 0 aliphatic carbocycles. The second-order valence-electron chi connectivity index (χ2n) is 4.14. The molecule has 0 radical (unpaired) electrons. The Labute approximate surface area is 171 Å². The van der Waals surface area contributed by atoms with Crippen molar-refractivity contribution in [2.75, 3.05) is 19.0 Å². The maximum atomic E-state index is 9.77. The van der Waals surface area contributed by atoms with Gasteiger partial charge in [0.15, 0.2) is 12.0 Å². The molecular formula is C13H21NaO10S. The van der Waals surface area contributed by atoms with Gasteiger partial charge in [-0.2, -0.15) is 12.6 Å². The third-order valence-electron chi connectivity index (χ3n) is 2.30. The number of carboxylic acid groups (broad SMARTS) is 1. The van der Waals surface area contributed by atoms with Gasteiger partial charge in [-0.25, -0.2) is 0 Å². The van der Waals surface area contributed by atoms with E-state index < -0.39 is 43.6 Å². The van der Waals surface area contributed by atoms with Crippen LogP contribution in [0.5, 0.6) is 0 Å². The van der Waals surface area contributed by atoms with Crippen molar-refractivity contribution in [1.29, 1.82) is 0 Å². The zero-order valence-corrected chi connectivity index (χ0v) is 16.4. The minimum atomic E-state index is -1.67. The summed E-state index contributed by atoms with van der Waals surface area (Å²) in [5.74, 6) is -0.951. The molecular weight excluding hydrogens is 371 g/mol. The summed E-state index contributed by atoms with van der Waals surface area (Å²) in [7, 11) is 0. The fraction of sp³-hybridized carbons (Fsp3) is 0.538. The summed E-state index contributed by atoms with van der Waals surface area (Å²) < 4.78 is 4.61. The van der Waals surface area contributed by atoms with Crippen molar-refractivity contribution < 1.29 is 79.3 Å². The smallest absolute Gasteiger partial charge is 0.549 e. The minimum Gasteiger partial charge on any atom is -0.549 e. The maximum Gasteiger partial charge on any atom is 1.00 e. The number of hydrogen-bond acceptors (Lipinski definition) is 11. The van der Waals surface area contributed by atoms with E-state index in [2.05, 4.69) is 17.0 Å². The van der Waals surface area contributed by atoms with Crippen LogP contribution in [0.2, 0.25) is 0 Å². The van der Waals surface area contributed by atoms with E-state index in [1.54, 1.807) is 12.1 Å². The molecule has 0 bridgehead atoms. The molecule has 1 aromatic heterocycles. The van der Waals surface area contributed by atoms with Crippen molar-refractivity contribution in [3.63, 3.8) is 0 Å². The number of aliphatic hydroxyl groups is 6. The minimum absolute atomic E-state index is 0. The number of carbonyl (C=O) groups is 2. The van der Waals surface area contributed by atoms with Gasteiger partial charge in [0, 0.05) is 5.75 Å². The summed E-state index contributed by atoms with van der Waals surface area (Å²) >= 11 is 3.35. The zero-order valence-electron chi connectivity index (χ0n) is 13.5. The first-order valence-corrected chi connectivity index (χ1v) is 7.11. The molecule has 0 aromatic carbocycles. The number of hydrogen-bond donors (Lipinski definition) is 7. The second kappa shape index (κ2) is 18.3. The van der Waals surface area contributed by atoms with Crippen molar-refractivity contribution in [3.8, 4) is 0 Å². The molecule has 0 amide bonds. The van der Waals surface area contributed by atoms with Crippen molar-refractivity contribution in [1.82, 2.24) is 0 Å². The fourth-order valence-electron chi connectivity index (χ4n) is 1.03. The van der Waals surface area contributed by atoms with Gasteiger partial charge in [-0.05, 0) is 12.1 Å². The van der Waals surface area contributed by atoms with Crippen molar-refractivity contribution in [2.45, 2.75) is 24.4 Å². The Morgan fingerprint density at radius 2 is 1.56 bits per heavy atom. The van der Waals surface area contributed by atoms with Crippen LogP contribution in [0.1, 0.15) is 10.6 Å². The predicted octanol–water partition coefficient (Wildman–Crippen LogP) is -6.82. The summed E-state index contributed by atoms with van der Waals surface area (Å²) in [6.45, 7) is -1.45. The summed E-state index contributed by atoms with van der Waals surface area (Å²) in [5.41, 5.74) is 0. The number of thiol groups is 1. The van der Waals surface area contributed by atoms with Crippen molar-refractivity contribution in [3.05, 3.63) is 24.2 Å². The number of carbonyl (C=O) groups excluding carboxylic acids is 2. The molecule has 0 saturated heterocycles. The molecule has 25 heavy (non-hydrogen) atoms. The topological polar surface area (TPSA) is 192 Å². The van der Waals surface area contributed by atoms with Crippen LogP contribution < -0.4 is 34.7 Å². The van der Waals surface area contributed by atoms with Crippen LogP contribution in [0.4, 0.5) is 0 Å². The van der Waals surface area contributed by atoms with E-state index in [1.807, 2.05) is 0 Å². The van der Waals surface area contributed by atoms with Crippen LogP contribution in [0, 0.1) is 0 Å². The Morgan fingerprint density at radius 1 is 1.16 bits per heavy atom. The van der Waals surface area contributed by atoms with E-state index in [4.69, 9.17) is 30.6 Å². The first kappa shape index (κ1) is 29.3. The van der Waals surface area contributed by atoms with Crippen LogP contribution in [-0.2, 0) is 4.79 Å². The van der Waals surface area contributed by atoms with Crippen LogP contribution in [0.3, 0.4) is 0 Å². The Kier molecular flexibility index (Phi) is 21.5. The summed E-state index contributed by atoms with van der Waals surface area (Å²) in [5, 5.41) is 61.4. The van der Waals surface area contributed by atoms with Gasteiger partial charge in [0.2, 0.25) is 0 Å². The van der Waals surface area contributed by atoms with Gasteiger partial charge in [-0.1, -0.05) is 0 Å². The molecule has 4 atom stereocenters. The molecule has 1 heterocycles. The molecule has 0 aliphatic rings. The summed E-state index contributed by atoms with van der Waals surface area (Å²) in [6, 6.07) is 3.27. The van der Waals surface area contributed by atoms with E-state index in [0.717, 1.165) is 0 Å².